The Morgan fingerprint density at radius 3 is 2.59 bits per heavy atom. The number of anilines is 2. The molecule has 2 aromatic rings. The maximum atomic E-state index is 12.5. The van der Waals surface area contributed by atoms with E-state index in [-0.39, 0.29) is 5.82 Å². The summed E-state index contributed by atoms with van der Waals surface area (Å²) in [4.78, 5) is 43.0. The second-order valence-electron chi connectivity index (χ2n) is 8.03. The zero-order chi connectivity index (χ0) is 23.3. The lowest BCUT2D eigenvalue weighted by molar-refractivity contribution is -0.136. The highest BCUT2D eigenvalue weighted by molar-refractivity contribution is 7.09. The third-order valence-corrected chi connectivity index (χ3v) is 5.25. The van der Waals surface area contributed by atoms with Crippen molar-refractivity contribution in [2.45, 2.75) is 44.9 Å². The van der Waals surface area contributed by atoms with Crippen LogP contribution in [0, 0.1) is 0 Å². The van der Waals surface area contributed by atoms with Crippen LogP contribution in [0.4, 0.5) is 15.7 Å². The van der Waals surface area contributed by atoms with Crippen molar-refractivity contribution >= 4 is 52.0 Å². The van der Waals surface area contributed by atoms with Gasteiger partial charge in [-0.15, -0.1) is 0 Å². The Morgan fingerprint density at radius 1 is 1.19 bits per heavy atom. The standard InChI is InChI=1S/C18H23ClN8O4S/c1-18(2,3)31-17(30)22-12-9-27(16-24-25-26-32-16)7-6-11(12)21-14(28)15(29)23-13-5-4-10(19)8-20-13/h4-5,8,11-12H,6-7,9H2,1-3H3,(H,21,28)(H,22,30)(H,20,23,29)/t11-,12+/m0/s1. The fourth-order valence-electron chi connectivity index (χ4n) is 3.01. The van der Waals surface area contributed by atoms with Gasteiger partial charge in [0.05, 0.1) is 17.1 Å². The van der Waals surface area contributed by atoms with Crippen LogP contribution < -0.4 is 20.9 Å². The smallest absolute Gasteiger partial charge is 0.408 e. The number of piperidine rings is 1. The number of pyridine rings is 1. The van der Waals surface area contributed by atoms with Gasteiger partial charge in [0.25, 0.3) is 0 Å². The summed E-state index contributed by atoms with van der Waals surface area (Å²) in [7, 11) is 0. The van der Waals surface area contributed by atoms with Crippen molar-refractivity contribution in [1.82, 2.24) is 30.4 Å². The summed E-state index contributed by atoms with van der Waals surface area (Å²) in [5.74, 6) is -1.54. The molecule has 2 aromatic heterocycles. The fourth-order valence-corrected chi connectivity index (χ4v) is 3.62. The lowest BCUT2D eigenvalue weighted by atomic mass is 9.99. The molecule has 0 radical (unpaired) electrons. The quantitative estimate of drug-likeness (QED) is 0.546. The van der Waals surface area contributed by atoms with Gasteiger partial charge in [0.2, 0.25) is 5.13 Å². The van der Waals surface area contributed by atoms with E-state index in [2.05, 4.69) is 35.7 Å². The Kier molecular flexibility index (Phi) is 7.40. The van der Waals surface area contributed by atoms with Gasteiger partial charge in [0, 0.05) is 30.8 Å². The second-order valence-corrected chi connectivity index (χ2v) is 9.18. The van der Waals surface area contributed by atoms with E-state index in [9.17, 15) is 14.4 Å². The molecule has 1 fully saturated rings. The van der Waals surface area contributed by atoms with Gasteiger partial charge >= 0.3 is 17.9 Å². The number of hydrogen-bond donors (Lipinski definition) is 3. The Morgan fingerprint density at radius 2 is 1.97 bits per heavy atom. The van der Waals surface area contributed by atoms with E-state index < -0.39 is 35.6 Å². The molecule has 0 bridgehead atoms. The Labute approximate surface area is 193 Å². The minimum absolute atomic E-state index is 0.191. The molecular weight excluding hydrogens is 460 g/mol. The molecule has 1 aliphatic heterocycles. The van der Waals surface area contributed by atoms with Crippen molar-refractivity contribution in [3.8, 4) is 0 Å². The molecule has 172 valence electrons. The van der Waals surface area contributed by atoms with Crippen molar-refractivity contribution in [3.63, 3.8) is 0 Å². The second kappa shape index (κ2) is 10.0. The molecule has 3 N–H and O–H groups in total. The van der Waals surface area contributed by atoms with E-state index in [0.717, 1.165) is 11.5 Å². The summed E-state index contributed by atoms with van der Waals surface area (Å²) in [5.41, 5.74) is -0.689. The Balaban J connectivity index is 1.66. The highest BCUT2D eigenvalue weighted by Crippen LogP contribution is 2.21. The molecule has 0 saturated carbocycles. The van der Waals surface area contributed by atoms with Gasteiger partial charge in [-0.1, -0.05) is 21.2 Å². The van der Waals surface area contributed by atoms with Gasteiger partial charge in [0.15, 0.2) is 0 Å². The normalized spacial score (nSPS) is 18.6. The highest BCUT2D eigenvalue weighted by atomic mass is 35.5. The number of carbonyl (C=O) groups is 3. The van der Waals surface area contributed by atoms with E-state index in [1.54, 1.807) is 26.8 Å². The third-order valence-electron chi connectivity index (χ3n) is 4.37. The summed E-state index contributed by atoms with van der Waals surface area (Å²) in [6, 6.07) is 1.96. The number of ether oxygens (including phenoxy) is 1. The monoisotopic (exact) mass is 482 g/mol. The number of rotatable bonds is 4. The van der Waals surface area contributed by atoms with E-state index in [4.69, 9.17) is 16.3 Å². The van der Waals surface area contributed by atoms with Crippen LogP contribution in [0.1, 0.15) is 27.2 Å². The minimum atomic E-state index is -0.883. The van der Waals surface area contributed by atoms with Gasteiger partial charge in [-0.3, -0.25) is 9.59 Å². The molecule has 1 aliphatic rings. The Hall–Kier alpha value is -3.06. The van der Waals surface area contributed by atoms with Crippen molar-refractivity contribution in [1.29, 1.82) is 0 Å². The first-order valence-electron chi connectivity index (χ1n) is 9.73. The number of nitrogens with one attached hydrogen (secondary N) is 3. The van der Waals surface area contributed by atoms with Crippen LogP contribution in [-0.2, 0) is 14.3 Å². The average molecular weight is 483 g/mol. The van der Waals surface area contributed by atoms with Gasteiger partial charge in [-0.2, -0.15) is 0 Å². The SMILES string of the molecule is CC(C)(C)OC(=O)N[C@@H]1CN(c2nnns2)CC[C@@H]1NC(=O)C(=O)Nc1ccc(Cl)cn1. The molecular formula is C18H23ClN8O4S. The summed E-state index contributed by atoms with van der Waals surface area (Å²) in [6.07, 6.45) is 1.17. The predicted octanol–water partition coefficient (Wildman–Crippen LogP) is 1.21. The van der Waals surface area contributed by atoms with Crippen molar-refractivity contribution in [2.24, 2.45) is 0 Å². The molecule has 0 spiro atoms. The van der Waals surface area contributed by atoms with Crippen LogP contribution in [0.25, 0.3) is 0 Å². The molecule has 3 rings (SSSR count). The van der Waals surface area contributed by atoms with Gasteiger partial charge in [-0.25, -0.2) is 9.78 Å². The number of alkyl carbamates (subject to hydrolysis) is 1. The van der Waals surface area contributed by atoms with Crippen LogP contribution in [0.5, 0.6) is 0 Å². The van der Waals surface area contributed by atoms with Crippen LogP contribution in [0.3, 0.4) is 0 Å². The summed E-state index contributed by atoms with van der Waals surface area (Å²) >= 11 is 6.90. The number of hydrogen-bond acceptors (Lipinski definition) is 10. The lowest BCUT2D eigenvalue weighted by Crippen LogP contribution is -2.62. The van der Waals surface area contributed by atoms with Gasteiger partial charge in [0.1, 0.15) is 11.4 Å². The number of nitrogens with zero attached hydrogens (tertiary/aromatic N) is 5. The number of aromatic nitrogens is 4. The van der Waals surface area contributed by atoms with E-state index >= 15 is 0 Å². The number of amides is 3. The third kappa shape index (κ3) is 6.72. The van der Waals surface area contributed by atoms with Crippen molar-refractivity contribution in [3.05, 3.63) is 23.4 Å². The highest BCUT2D eigenvalue weighted by Gasteiger charge is 2.35. The van der Waals surface area contributed by atoms with Gasteiger partial charge < -0.3 is 25.6 Å². The molecule has 0 unspecified atom stereocenters. The zero-order valence-electron chi connectivity index (χ0n) is 17.7. The fraction of sp³-hybridized carbons (Fsp3) is 0.500. The molecule has 0 aliphatic carbocycles. The molecule has 3 amide bonds. The molecule has 14 heteroatoms. The molecule has 32 heavy (non-hydrogen) atoms. The summed E-state index contributed by atoms with van der Waals surface area (Å²) in [6.45, 7) is 6.10. The molecule has 3 heterocycles. The number of carbonyl (C=O) groups excluding carboxylic acids is 3. The number of halogens is 1. The molecule has 12 nitrogen and oxygen atoms in total. The van der Waals surface area contributed by atoms with E-state index in [1.807, 2.05) is 4.90 Å². The summed E-state index contributed by atoms with van der Waals surface area (Å²) in [5, 5.41) is 16.4. The maximum absolute atomic E-state index is 12.5. The van der Waals surface area contributed by atoms with Crippen LogP contribution in [0.15, 0.2) is 18.3 Å². The van der Waals surface area contributed by atoms with E-state index in [1.165, 1.54) is 12.3 Å². The van der Waals surface area contributed by atoms with Crippen molar-refractivity contribution in [2.75, 3.05) is 23.3 Å². The molecule has 0 aromatic carbocycles. The summed E-state index contributed by atoms with van der Waals surface area (Å²) < 4.78 is 9.10. The van der Waals surface area contributed by atoms with Crippen LogP contribution >= 0.6 is 23.1 Å². The first-order chi connectivity index (χ1) is 15.1. The van der Waals surface area contributed by atoms with E-state index in [0.29, 0.717) is 29.7 Å². The minimum Gasteiger partial charge on any atom is -0.444 e. The molecule has 1 saturated heterocycles. The topological polar surface area (TPSA) is 151 Å². The lowest BCUT2D eigenvalue weighted by Gasteiger charge is -2.38. The Bertz CT molecular complexity index is 951. The van der Waals surface area contributed by atoms with Crippen LogP contribution in [-0.4, -0.2) is 68.5 Å². The molecule has 2 atom stereocenters. The van der Waals surface area contributed by atoms with Gasteiger partial charge in [-0.05, 0) is 44.5 Å². The van der Waals surface area contributed by atoms with Crippen molar-refractivity contribution < 1.29 is 19.1 Å². The first kappa shape index (κ1) is 23.6. The maximum Gasteiger partial charge on any atom is 0.408 e. The zero-order valence-corrected chi connectivity index (χ0v) is 19.2. The predicted molar refractivity (Wildman–Crippen MR) is 117 cm³/mol. The first-order valence-corrected chi connectivity index (χ1v) is 10.9. The van der Waals surface area contributed by atoms with Crippen LogP contribution in [0.2, 0.25) is 5.02 Å². The average Bonchev–Trinajstić information content (AvgIpc) is 3.24. The largest absolute Gasteiger partial charge is 0.444 e.